The van der Waals surface area contributed by atoms with E-state index in [2.05, 4.69) is 6.92 Å². The van der Waals surface area contributed by atoms with E-state index in [4.69, 9.17) is 4.42 Å². The summed E-state index contributed by atoms with van der Waals surface area (Å²) in [5.41, 5.74) is -0.904. The van der Waals surface area contributed by atoms with Gasteiger partial charge in [-0.3, -0.25) is 4.79 Å². The van der Waals surface area contributed by atoms with Crippen molar-refractivity contribution in [2.24, 2.45) is 0 Å². The van der Waals surface area contributed by atoms with Crippen molar-refractivity contribution in [2.45, 2.75) is 65.2 Å². The predicted octanol–water partition coefficient (Wildman–Crippen LogP) is 3.84. The molecule has 1 aromatic heterocycles. The zero-order chi connectivity index (χ0) is 15.0. The van der Waals surface area contributed by atoms with E-state index in [9.17, 15) is 14.7 Å². The maximum atomic E-state index is 11.9. The van der Waals surface area contributed by atoms with Crippen LogP contribution in [0.2, 0.25) is 0 Å². The van der Waals surface area contributed by atoms with Gasteiger partial charge in [-0.2, -0.15) is 0 Å². The fraction of sp³-hybridized carbons (Fsp3) is 0.625. The number of carbonyl (C=O) groups excluding carboxylic acids is 1. The summed E-state index contributed by atoms with van der Waals surface area (Å²) in [5.74, 6) is -0.120. The molecule has 0 fully saturated rings. The van der Waals surface area contributed by atoms with Crippen LogP contribution in [0.15, 0.2) is 15.3 Å². The predicted molar refractivity (Wildman–Crippen MR) is 78.3 cm³/mol. The fourth-order valence-electron chi connectivity index (χ4n) is 2.12. The highest BCUT2D eigenvalue weighted by Crippen LogP contribution is 2.19. The Balaban J connectivity index is 2.78. The van der Waals surface area contributed by atoms with Gasteiger partial charge in [-0.1, -0.05) is 39.5 Å². The van der Waals surface area contributed by atoms with Crippen LogP contribution < -0.4 is 5.63 Å². The number of hydrogen-bond acceptors (Lipinski definition) is 4. The topological polar surface area (TPSA) is 67.5 Å². The highest BCUT2D eigenvalue weighted by atomic mass is 16.4. The lowest BCUT2D eigenvalue weighted by Crippen LogP contribution is -2.15. The Bertz CT molecular complexity index is 488. The molecule has 0 aromatic carbocycles. The summed E-state index contributed by atoms with van der Waals surface area (Å²) < 4.78 is 5.13. The Labute approximate surface area is 119 Å². The van der Waals surface area contributed by atoms with E-state index < -0.39 is 5.63 Å². The van der Waals surface area contributed by atoms with E-state index >= 15 is 0 Å². The molecule has 20 heavy (non-hydrogen) atoms. The van der Waals surface area contributed by atoms with Gasteiger partial charge in [0.1, 0.15) is 17.1 Å². The van der Waals surface area contributed by atoms with Crippen molar-refractivity contribution in [3.05, 3.63) is 27.8 Å². The summed E-state index contributed by atoms with van der Waals surface area (Å²) in [5, 5.41) is 9.87. The zero-order valence-electron chi connectivity index (χ0n) is 12.4. The summed E-state index contributed by atoms with van der Waals surface area (Å²) in [7, 11) is 0. The molecule has 0 aliphatic rings. The summed E-state index contributed by atoms with van der Waals surface area (Å²) in [4.78, 5) is 23.7. The highest BCUT2D eigenvalue weighted by molar-refractivity contribution is 5.97. The molecule has 0 amide bonds. The number of unbranched alkanes of at least 4 members (excludes halogenated alkanes) is 4. The Hall–Kier alpha value is -1.58. The Kier molecular flexibility index (Phi) is 7.05. The maximum absolute atomic E-state index is 11.9. The van der Waals surface area contributed by atoms with Crippen molar-refractivity contribution in [3.8, 4) is 5.75 Å². The fourth-order valence-corrected chi connectivity index (χ4v) is 2.12. The smallest absolute Gasteiger partial charge is 0.350 e. The molecule has 0 aliphatic carbocycles. The van der Waals surface area contributed by atoms with Crippen molar-refractivity contribution < 1.29 is 14.3 Å². The third-order valence-corrected chi connectivity index (χ3v) is 3.29. The monoisotopic (exact) mass is 280 g/mol. The number of rotatable bonds is 9. The number of carbonyl (C=O) groups is 1. The minimum atomic E-state index is -0.710. The first-order valence-electron chi connectivity index (χ1n) is 7.49. The molecular weight excluding hydrogens is 256 g/mol. The quantitative estimate of drug-likeness (QED) is 0.551. The van der Waals surface area contributed by atoms with Gasteiger partial charge in [0.25, 0.3) is 0 Å². The van der Waals surface area contributed by atoms with Crippen LogP contribution >= 0.6 is 0 Å². The molecule has 0 saturated heterocycles. The van der Waals surface area contributed by atoms with Crippen LogP contribution in [-0.2, 0) is 6.42 Å². The first kappa shape index (κ1) is 16.5. The van der Waals surface area contributed by atoms with Gasteiger partial charge >= 0.3 is 5.63 Å². The van der Waals surface area contributed by atoms with E-state index in [1.807, 2.05) is 6.92 Å². The minimum absolute atomic E-state index is 0.194. The van der Waals surface area contributed by atoms with Gasteiger partial charge in [0.05, 0.1) is 0 Å². The summed E-state index contributed by atoms with van der Waals surface area (Å²) in [6.45, 7) is 4.13. The lowest BCUT2D eigenvalue weighted by molar-refractivity contribution is 0.0972. The molecule has 0 bridgehead atoms. The van der Waals surface area contributed by atoms with Crippen LogP contribution in [0.25, 0.3) is 0 Å². The van der Waals surface area contributed by atoms with Gasteiger partial charge in [-0.25, -0.2) is 4.79 Å². The molecule has 0 atom stereocenters. The van der Waals surface area contributed by atoms with Crippen LogP contribution in [0.3, 0.4) is 0 Å². The molecule has 0 unspecified atom stereocenters. The van der Waals surface area contributed by atoms with Crippen LogP contribution in [0.4, 0.5) is 0 Å². The summed E-state index contributed by atoms with van der Waals surface area (Å²) in [6.07, 6.45) is 6.58. The molecule has 0 spiro atoms. The molecule has 4 nitrogen and oxygen atoms in total. The standard InChI is InChI=1S/C16H24O4/c1-3-5-7-9-12-11-14(18)15(16(19)20-12)13(17)10-8-6-4-2/h11,18H,3-10H2,1-2H3. The zero-order valence-corrected chi connectivity index (χ0v) is 12.4. The minimum Gasteiger partial charge on any atom is -0.507 e. The number of Topliss-reactive ketones (excluding diaryl/α,β-unsaturated/α-hetero) is 1. The molecule has 0 aliphatic heterocycles. The second-order valence-corrected chi connectivity index (χ2v) is 5.10. The van der Waals surface area contributed by atoms with Crippen molar-refractivity contribution in [3.63, 3.8) is 0 Å². The van der Waals surface area contributed by atoms with Crippen molar-refractivity contribution >= 4 is 5.78 Å². The van der Waals surface area contributed by atoms with Crippen LogP contribution in [-0.4, -0.2) is 10.9 Å². The summed E-state index contributed by atoms with van der Waals surface area (Å²) in [6, 6.07) is 1.41. The SMILES string of the molecule is CCCCCC(=O)c1c(O)cc(CCCCC)oc1=O. The third-order valence-electron chi connectivity index (χ3n) is 3.29. The Morgan fingerprint density at radius 3 is 2.40 bits per heavy atom. The number of aryl methyl sites for hydroxylation is 1. The first-order chi connectivity index (χ1) is 9.60. The second kappa shape index (κ2) is 8.56. The van der Waals surface area contributed by atoms with E-state index in [0.717, 1.165) is 38.5 Å². The molecule has 112 valence electrons. The van der Waals surface area contributed by atoms with Crippen molar-refractivity contribution in [1.29, 1.82) is 0 Å². The number of hydrogen-bond donors (Lipinski definition) is 1. The third kappa shape index (κ3) is 4.83. The number of aromatic hydroxyl groups is 1. The van der Waals surface area contributed by atoms with Gasteiger partial charge < -0.3 is 9.52 Å². The van der Waals surface area contributed by atoms with Crippen LogP contribution in [0, 0.1) is 0 Å². The van der Waals surface area contributed by atoms with Gasteiger partial charge in [0, 0.05) is 18.9 Å². The molecule has 0 radical (unpaired) electrons. The van der Waals surface area contributed by atoms with Gasteiger partial charge in [0.15, 0.2) is 5.78 Å². The average molecular weight is 280 g/mol. The largest absolute Gasteiger partial charge is 0.507 e. The van der Waals surface area contributed by atoms with Crippen LogP contribution in [0.5, 0.6) is 5.75 Å². The van der Waals surface area contributed by atoms with E-state index in [1.165, 1.54) is 6.07 Å². The van der Waals surface area contributed by atoms with Crippen molar-refractivity contribution in [1.82, 2.24) is 0 Å². The Morgan fingerprint density at radius 1 is 1.15 bits per heavy atom. The molecule has 1 heterocycles. The highest BCUT2D eigenvalue weighted by Gasteiger charge is 2.18. The lowest BCUT2D eigenvalue weighted by atomic mass is 10.0. The maximum Gasteiger partial charge on any atom is 0.350 e. The van der Waals surface area contributed by atoms with Gasteiger partial charge in [0.2, 0.25) is 0 Å². The van der Waals surface area contributed by atoms with E-state index in [-0.39, 0.29) is 23.5 Å². The van der Waals surface area contributed by atoms with E-state index in [0.29, 0.717) is 12.2 Å². The molecule has 1 rings (SSSR count). The van der Waals surface area contributed by atoms with Crippen molar-refractivity contribution in [2.75, 3.05) is 0 Å². The molecular formula is C16H24O4. The van der Waals surface area contributed by atoms with Gasteiger partial charge in [-0.05, 0) is 12.8 Å². The molecule has 0 saturated carbocycles. The Morgan fingerprint density at radius 2 is 1.80 bits per heavy atom. The van der Waals surface area contributed by atoms with E-state index in [1.54, 1.807) is 0 Å². The summed E-state index contributed by atoms with van der Waals surface area (Å²) >= 11 is 0. The van der Waals surface area contributed by atoms with Crippen LogP contribution in [0.1, 0.15) is 74.9 Å². The molecule has 1 N–H and O–H groups in total. The molecule has 1 aromatic rings. The lowest BCUT2D eigenvalue weighted by Gasteiger charge is -2.05. The second-order valence-electron chi connectivity index (χ2n) is 5.10. The molecule has 4 heteroatoms. The average Bonchev–Trinajstić information content (AvgIpc) is 2.38. The van der Waals surface area contributed by atoms with Gasteiger partial charge in [-0.15, -0.1) is 0 Å². The number of ketones is 1. The first-order valence-corrected chi connectivity index (χ1v) is 7.49. The normalized spacial score (nSPS) is 10.7.